The van der Waals surface area contributed by atoms with Crippen molar-refractivity contribution in [2.45, 2.75) is 46.1 Å². The number of hydrogen-bond donors (Lipinski definition) is 1. The van der Waals surface area contributed by atoms with Crippen LogP contribution < -0.4 is 10.1 Å². The maximum atomic E-state index is 12.5. The summed E-state index contributed by atoms with van der Waals surface area (Å²) in [5.74, 6) is 0.493. The van der Waals surface area contributed by atoms with E-state index in [1.165, 1.54) is 7.11 Å². The highest BCUT2D eigenvalue weighted by Crippen LogP contribution is 2.24. The van der Waals surface area contributed by atoms with Crippen LogP contribution in [0.5, 0.6) is 5.75 Å². The molecule has 2 amide bonds. The quantitative estimate of drug-likeness (QED) is 0.887. The Labute approximate surface area is 154 Å². The van der Waals surface area contributed by atoms with Crippen LogP contribution in [0.15, 0.2) is 18.2 Å². The van der Waals surface area contributed by atoms with Crippen molar-refractivity contribution >= 4 is 23.4 Å². The molecule has 0 bridgehead atoms. The Morgan fingerprint density at radius 3 is 2.48 bits per heavy atom. The van der Waals surface area contributed by atoms with Crippen molar-refractivity contribution in [3.8, 4) is 5.75 Å². The second-order valence-corrected chi connectivity index (χ2v) is 8.15. The van der Waals surface area contributed by atoms with E-state index >= 15 is 0 Å². The Morgan fingerprint density at radius 1 is 1.28 bits per heavy atom. The molecule has 0 unspecified atom stereocenters. The van der Waals surface area contributed by atoms with E-state index in [2.05, 4.69) is 26.1 Å². The van der Waals surface area contributed by atoms with Crippen molar-refractivity contribution in [2.75, 3.05) is 20.2 Å². The highest BCUT2D eigenvalue weighted by Gasteiger charge is 2.27. The van der Waals surface area contributed by atoms with Gasteiger partial charge in [-0.05, 0) is 36.5 Å². The Hall–Kier alpha value is -1.75. The van der Waals surface area contributed by atoms with E-state index in [9.17, 15) is 9.59 Å². The van der Waals surface area contributed by atoms with Crippen LogP contribution in [0.1, 0.15) is 50.4 Å². The molecular weight excluding hydrogens is 340 g/mol. The number of carbonyl (C=O) groups is 2. The number of piperidine rings is 1. The van der Waals surface area contributed by atoms with E-state index < -0.39 is 0 Å². The molecule has 0 atom stereocenters. The van der Waals surface area contributed by atoms with Crippen LogP contribution in [-0.4, -0.2) is 43.0 Å². The number of nitrogens with zero attached hydrogens (tertiary/aromatic N) is 1. The lowest BCUT2D eigenvalue weighted by atomic mass is 9.91. The molecule has 1 aromatic rings. The van der Waals surface area contributed by atoms with Gasteiger partial charge in [-0.25, -0.2) is 0 Å². The van der Waals surface area contributed by atoms with Crippen molar-refractivity contribution in [1.29, 1.82) is 0 Å². The van der Waals surface area contributed by atoms with Gasteiger partial charge in [0.2, 0.25) is 5.91 Å². The smallest absolute Gasteiger partial charge is 0.255 e. The van der Waals surface area contributed by atoms with Gasteiger partial charge in [-0.1, -0.05) is 32.4 Å². The molecule has 0 aliphatic carbocycles. The van der Waals surface area contributed by atoms with E-state index in [1.807, 2.05) is 4.90 Å². The number of nitrogens with one attached hydrogen (secondary N) is 1. The first-order valence-electron chi connectivity index (χ1n) is 8.62. The molecule has 25 heavy (non-hydrogen) atoms. The molecule has 6 heteroatoms. The maximum absolute atomic E-state index is 12.5. The predicted octanol–water partition coefficient (Wildman–Crippen LogP) is 3.51. The summed E-state index contributed by atoms with van der Waals surface area (Å²) < 4.78 is 5.23. The fourth-order valence-electron chi connectivity index (χ4n) is 2.96. The number of likely N-dealkylation sites (tertiary alicyclic amines) is 1. The number of carbonyl (C=O) groups excluding carboxylic acids is 2. The molecule has 0 saturated carbocycles. The second kappa shape index (κ2) is 8.09. The van der Waals surface area contributed by atoms with Gasteiger partial charge in [0, 0.05) is 30.6 Å². The standard InChI is InChI=1S/C19H27ClN2O3/c1-19(2,3)12-17(23)22-9-7-14(8-10-22)21-18(24)15-11-13(20)5-6-16(15)25-4/h5-6,11,14H,7-10,12H2,1-4H3,(H,21,24). The number of rotatable bonds is 4. The molecule has 0 spiro atoms. The number of hydrogen-bond acceptors (Lipinski definition) is 3. The van der Waals surface area contributed by atoms with E-state index in [0.717, 1.165) is 12.8 Å². The fraction of sp³-hybridized carbons (Fsp3) is 0.579. The Kier molecular flexibility index (Phi) is 6.33. The van der Waals surface area contributed by atoms with Gasteiger partial charge in [0.1, 0.15) is 5.75 Å². The van der Waals surface area contributed by atoms with Crippen LogP contribution in [0.25, 0.3) is 0 Å². The molecule has 0 aromatic heterocycles. The van der Waals surface area contributed by atoms with Crippen molar-refractivity contribution in [1.82, 2.24) is 10.2 Å². The lowest BCUT2D eigenvalue weighted by Crippen LogP contribution is -2.47. The third-order valence-corrected chi connectivity index (χ3v) is 4.51. The molecule has 1 N–H and O–H groups in total. The first-order chi connectivity index (χ1) is 11.7. The summed E-state index contributed by atoms with van der Waals surface area (Å²) in [7, 11) is 1.53. The summed E-state index contributed by atoms with van der Waals surface area (Å²) in [6.45, 7) is 7.54. The van der Waals surface area contributed by atoms with Crippen LogP contribution in [0, 0.1) is 5.41 Å². The minimum Gasteiger partial charge on any atom is -0.496 e. The average Bonchev–Trinajstić information content (AvgIpc) is 2.53. The molecule has 0 radical (unpaired) electrons. The van der Waals surface area contributed by atoms with Gasteiger partial charge in [0.15, 0.2) is 0 Å². The van der Waals surface area contributed by atoms with Crippen LogP contribution in [-0.2, 0) is 4.79 Å². The van der Waals surface area contributed by atoms with Gasteiger partial charge in [-0.2, -0.15) is 0 Å². The first-order valence-corrected chi connectivity index (χ1v) is 8.99. The average molecular weight is 367 g/mol. The van der Waals surface area contributed by atoms with Gasteiger partial charge in [0.25, 0.3) is 5.91 Å². The zero-order valence-corrected chi connectivity index (χ0v) is 16.2. The zero-order chi connectivity index (χ0) is 18.6. The number of amides is 2. The summed E-state index contributed by atoms with van der Waals surface area (Å²) in [4.78, 5) is 26.7. The van der Waals surface area contributed by atoms with E-state index in [4.69, 9.17) is 16.3 Å². The summed E-state index contributed by atoms with van der Waals surface area (Å²) in [5, 5.41) is 3.52. The highest BCUT2D eigenvalue weighted by atomic mass is 35.5. The number of ether oxygens (including phenoxy) is 1. The SMILES string of the molecule is COc1ccc(Cl)cc1C(=O)NC1CCN(C(=O)CC(C)(C)C)CC1. The van der Waals surface area contributed by atoms with E-state index in [1.54, 1.807) is 18.2 Å². The summed E-state index contributed by atoms with van der Waals surface area (Å²) in [6, 6.07) is 5.04. The van der Waals surface area contributed by atoms with Crippen LogP contribution >= 0.6 is 11.6 Å². The molecule has 1 fully saturated rings. The topological polar surface area (TPSA) is 58.6 Å². The van der Waals surface area contributed by atoms with Gasteiger partial charge < -0.3 is 15.0 Å². The molecule has 1 aliphatic heterocycles. The van der Waals surface area contributed by atoms with Gasteiger partial charge in [0.05, 0.1) is 12.7 Å². The first kappa shape index (κ1) is 19.6. The Balaban J connectivity index is 1.91. The summed E-state index contributed by atoms with van der Waals surface area (Å²) in [6.07, 6.45) is 2.05. The zero-order valence-electron chi connectivity index (χ0n) is 15.4. The maximum Gasteiger partial charge on any atom is 0.255 e. The van der Waals surface area contributed by atoms with E-state index in [-0.39, 0.29) is 23.3 Å². The normalized spacial score (nSPS) is 15.8. The van der Waals surface area contributed by atoms with Crippen LogP contribution in [0.3, 0.4) is 0 Å². The monoisotopic (exact) mass is 366 g/mol. The third-order valence-electron chi connectivity index (χ3n) is 4.27. The van der Waals surface area contributed by atoms with Gasteiger partial charge in [-0.15, -0.1) is 0 Å². The van der Waals surface area contributed by atoms with Crippen molar-refractivity contribution in [3.05, 3.63) is 28.8 Å². The molecule has 1 heterocycles. The summed E-state index contributed by atoms with van der Waals surface area (Å²) >= 11 is 5.99. The Bertz CT molecular complexity index is 632. The largest absolute Gasteiger partial charge is 0.496 e. The second-order valence-electron chi connectivity index (χ2n) is 7.71. The molecule has 1 aromatic carbocycles. The van der Waals surface area contributed by atoms with Crippen molar-refractivity contribution in [3.63, 3.8) is 0 Å². The van der Waals surface area contributed by atoms with E-state index in [0.29, 0.717) is 35.8 Å². The molecular formula is C19H27ClN2O3. The minimum atomic E-state index is -0.196. The molecule has 5 nitrogen and oxygen atoms in total. The lowest BCUT2D eigenvalue weighted by molar-refractivity contribution is -0.134. The molecule has 1 saturated heterocycles. The summed E-state index contributed by atoms with van der Waals surface area (Å²) in [5.41, 5.74) is 0.423. The lowest BCUT2D eigenvalue weighted by Gasteiger charge is -2.34. The number of methoxy groups -OCH3 is 1. The highest BCUT2D eigenvalue weighted by molar-refractivity contribution is 6.31. The predicted molar refractivity (Wildman–Crippen MR) is 99.1 cm³/mol. The van der Waals surface area contributed by atoms with Crippen molar-refractivity contribution in [2.24, 2.45) is 5.41 Å². The number of halogens is 1. The minimum absolute atomic E-state index is 0.00865. The molecule has 2 rings (SSSR count). The van der Waals surface area contributed by atoms with Gasteiger partial charge in [-0.3, -0.25) is 9.59 Å². The fourth-order valence-corrected chi connectivity index (χ4v) is 3.13. The van der Waals surface area contributed by atoms with Crippen molar-refractivity contribution < 1.29 is 14.3 Å². The Morgan fingerprint density at radius 2 is 1.92 bits per heavy atom. The third kappa shape index (κ3) is 5.63. The van der Waals surface area contributed by atoms with Crippen LogP contribution in [0.4, 0.5) is 0 Å². The molecule has 138 valence electrons. The molecule has 1 aliphatic rings. The van der Waals surface area contributed by atoms with Gasteiger partial charge >= 0.3 is 0 Å². The number of benzene rings is 1. The van der Waals surface area contributed by atoms with Crippen LogP contribution in [0.2, 0.25) is 5.02 Å².